The Balaban J connectivity index is 1.41. The molecule has 1 aliphatic heterocycles. The highest BCUT2D eigenvalue weighted by molar-refractivity contribution is 5.88. The smallest absolute Gasteiger partial charge is 0.320 e. The van der Waals surface area contributed by atoms with Gasteiger partial charge in [-0.25, -0.2) is 9.78 Å². The van der Waals surface area contributed by atoms with Crippen LogP contribution in [0.3, 0.4) is 0 Å². The number of hydrogen-bond acceptors (Lipinski definition) is 4. The van der Waals surface area contributed by atoms with Crippen molar-refractivity contribution < 1.29 is 9.90 Å². The first kappa shape index (κ1) is 16.4. The number of rotatable bonds is 5. The lowest BCUT2D eigenvalue weighted by Gasteiger charge is -2.30. The lowest BCUT2D eigenvalue weighted by atomic mass is 10.00. The third-order valence-corrected chi connectivity index (χ3v) is 4.08. The summed E-state index contributed by atoms with van der Waals surface area (Å²) in [5, 5.41) is 15.5. The van der Waals surface area contributed by atoms with Gasteiger partial charge in [0.1, 0.15) is 5.82 Å². The minimum absolute atomic E-state index is 0.205. The fourth-order valence-electron chi connectivity index (χ4n) is 2.88. The highest BCUT2D eigenvalue weighted by Gasteiger charge is 2.18. The van der Waals surface area contributed by atoms with E-state index in [-0.39, 0.29) is 12.6 Å². The molecule has 0 aliphatic carbocycles. The van der Waals surface area contributed by atoms with Gasteiger partial charge in [0, 0.05) is 32.4 Å². The van der Waals surface area contributed by atoms with Crippen molar-refractivity contribution in [2.75, 3.05) is 25.0 Å². The van der Waals surface area contributed by atoms with Gasteiger partial charge < -0.3 is 10.4 Å². The average Bonchev–Trinajstić information content (AvgIpc) is 2.61. The van der Waals surface area contributed by atoms with E-state index in [4.69, 9.17) is 0 Å². The van der Waals surface area contributed by atoms with Crippen LogP contribution in [-0.2, 0) is 13.0 Å². The molecule has 0 unspecified atom stereocenters. The second kappa shape index (κ2) is 7.90. The largest absolute Gasteiger partial charge is 0.390 e. The third-order valence-electron chi connectivity index (χ3n) is 4.08. The number of aliphatic hydroxyl groups excluding tert-OH is 1. The van der Waals surface area contributed by atoms with Crippen LogP contribution in [0.1, 0.15) is 11.1 Å². The standard InChI is InChI=1S/C18H22N4O2/c23-16(11-20-18(24)21-17-7-3-4-9-19-17)13-22-10-8-14-5-1-2-6-15(14)12-22/h1-7,9,16,23H,8,10-13H2,(H2,19,20,21,24)/t16-/m0/s1. The van der Waals surface area contributed by atoms with Crippen molar-refractivity contribution in [3.8, 4) is 0 Å². The summed E-state index contributed by atoms with van der Waals surface area (Å²) in [6.45, 7) is 2.51. The van der Waals surface area contributed by atoms with Crippen LogP contribution in [-0.4, -0.2) is 46.8 Å². The topological polar surface area (TPSA) is 77.5 Å². The van der Waals surface area contributed by atoms with Crippen LogP contribution in [0.5, 0.6) is 0 Å². The second-order valence-corrected chi connectivity index (χ2v) is 5.96. The summed E-state index contributed by atoms with van der Waals surface area (Å²) in [6, 6.07) is 13.3. The van der Waals surface area contributed by atoms with Gasteiger partial charge in [-0.05, 0) is 29.7 Å². The van der Waals surface area contributed by atoms with Crippen molar-refractivity contribution in [1.82, 2.24) is 15.2 Å². The Hall–Kier alpha value is -2.44. The molecule has 3 N–H and O–H groups in total. The maximum absolute atomic E-state index is 11.8. The van der Waals surface area contributed by atoms with Gasteiger partial charge in [-0.3, -0.25) is 10.2 Å². The molecule has 2 aromatic rings. The fraction of sp³-hybridized carbons (Fsp3) is 0.333. The van der Waals surface area contributed by atoms with Gasteiger partial charge in [-0.1, -0.05) is 30.3 Å². The summed E-state index contributed by atoms with van der Waals surface area (Å²) in [6.07, 6.45) is 2.00. The molecule has 0 radical (unpaired) electrons. The van der Waals surface area contributed by atoms with Gasteiger partial charge in [0.05, 0.1) is 6.10 Å². The van der Waals surface area contributed by atoms with Crippen molar-refractivity contribution in [2.24, 2.45) is 0 Å². The van der Waals surface area contributed by atoms with Gasteiger partial charge in [0.25, 0.3) is 0 Å². The normalized spacial score (nSPS) is 15.4. The molecular formula is C18H22N4O2. The summed E-state index contributed by atoms with van der Waals surface area (Å²) in [5.41, 5.74) is 2.70. The van der Waals surface area contributed by atoms with E-state index in [9.17, 15) is 9.90 Å². The van der Waals surface area contributed by atoms with Gasteiger partial charge >= 0.3 is 6.03 Å². The number of nitrogens with one attached hydrogen (secondary N) is 2. The first-order chi connectivity index (χ1) is 11.7. The molecule has 2 amide bonds. The highest BCUT2D eigenvalue weighted by atomic mass is 16.3. The van der Waals surface area contributed by atoms with Crippen LogP contribution < -0.4 is 10.6 Å². The second-order valence-electron chi connectivity index (χ2n) is 5.96. The molecule has 0 saturated carbocycles. The molecule has 6 nitrogen and oxygen atoms in total. The molecule has 1 aromatic carbocycles. The average molecular weight is 326 g/mol. The number of benzene rings is 1. The number of nitrogens with zero attached hydrogens (tertiary/aromatic N) is 2. The summed E-state index contributed by atoms with van der Waals surface area (Å²) in [4.78, 5) is 18.0. The van der Waals surface area contributed by atoms with E-state index in [0.717, 1.165) is 19.5 Å². The van der Waals surface area contributed by atoms with E-state index < -0.39 is 6.10 Å². The zero-order valence-corrected chi connectivity index (χ0v) is 13.5. The van der Waals surface area contributed by atoms with Gasteiger partial charge in [0.2, 0.25) is 0 Å². The van der Waals surface area contributed by atoms with Crippen LogP contribution in [0, 0.1) is 0 Å². The number of aliphatic hydroxyl groups is 1. The molecule has 6 heteroatoms. The number of amides is 2. The monoisotopic (exact) mass is 326 g/mol. The number of β-amino-alcohol motifs (C(OH)–C–C–N with tert-alkyl or cyclic N) is 1. The molecule has 126 valence electrons. The molecule has 3 rings (SSSR count). The SMILES string of the molecule is O=C(NC[C@H](O)CN1CCc2ccccc2C1)Nc1ccccn1. The molecule has 0 spiro atoms. The van der Waals surface area contributed by atoms with Gasteiger partial charge in [-0.15, -0.1) is 0 Å². The Bertz CT molecular complexity index is 678. The molecule has 1 aromatic heterocycles. The van der Waals surface area contributed by atoms with E-state index in [1.54, 1.807) is 24.4 Å². The summed E-state index contributed by atoms with van der Waals surface area (Å²) < 4.78 is 0. The van der Waals surface area contributed by atoms with Gasteiger partial charge in [-0.2, -0.15) is 0 Å². The molecule has 1 atom stereocenters. The van der Waals surface area contributed by atoms with E-state index >= 15 is 0 Å². The quantitative estimate of drug-likeness (QED) is 0.780. The zero-order chi connectivity index (χ0) is 16.8. The number of carbonyl (C=O) groups excluding carboxylic acids is 1. The minimum Gasteiger partial charge on any atom is -0.390 e. The highest BCUT2D eigenvalue weighted by Crippen LogP contribution is 2.18. The first-order valence-electron chi connectivity index (χ1n) is 8.14. The lowest BCUT2D eigenvalue weighted by Crippen LogP contribution is -2.43. The van der Waals surface area contributed by atoms with Crippen molar-refractivity contribution >= 4 is 11.8 Å². The zero-order valence-electron chi connectivity index (χ0n) is 13.5. The Morgan fingerprint density at radius 2 is 2.00 bits per heavy atom. The van der Waals surface area contributed by atoms with Crippen LogP contribution >= 0.6 is 0 Å². The number of pyridine rings is 1. The Morgan fingerprint density at radius 3 is 2.79 bits per heavy atom. The summed E-state index contributed by atoms with van der Waals surface area (Å²) in [5.74, 6) is 0.483. The van der Waals surface area contributed by atoms with Crippen LogP contribution in [0.4, 0.5) is 10.6 Å². The molecule has 2 heterocycles. The number of hydrogen-bond donors (Lipinski definition) is 3. The Kier molecular flexibility index (Phi) is 5.40. The predicted octanol–water partition coefficient (Wildman–Crippen LogP) is 1.62. The van der Waals surface area contributed by atoms with Crippen molar-refractivity contribution in [3.63, 3.8) is 0 Å². The first-order valence-corrected chi connectivity index (χ1v) is 8.14. The van der Waals surface area contributed by atoms with Crippen molar-refractivity contribution in [2.45, 2.75) is 19.1 Å². The molecule has 0 bridgehead atoms. The molecule has 0 fully saturated rings. The van der Waals surface area contributed by atoms with Crippen LogP contribution in [0.25, 0.3) is 0 Å². The minimum atomic E-state index is -0.607. The predicted molar refractivity (Wildman–Crippen MR) is 92.7 cm³/mol. The van der Waals surface area contributed by atoms with Crippen molar-refractivity contribution in [3.05, 3.63) is 59.8 Å². The fourth-order valence-corrected chi connectivity index (χ4v) is 2.88. The van der Waals surface area contributed by atoms with E-state index in [2.05, 4.69) is 38.7 Å². The van der Waals surface area contributed by atoms with Crippen LogP contribution in [0.15, 0.2) is 48.7 Å². The number of anilines is 1. The Labute approximate surface area is 141 Å². The molecule has 24 heavy (non-hydrogen) atoms. The third kappa shape index (κ3) is 4.53. The number of urea groups is 1. The van der Waals surface area contributed by atoms with E-state index in [1.807, 2.05) is 6.07 Å². The van der Waals surface area contributed by atoms with E-state index in [1.165, 1.54) is 11.1 Å². The summed E-state index contributed by atoms with van der Waals surface area (Å²) >= 11 is 0. The molecular weight excluding hydrogens is 304 g/mol. The number of aromatic nitrogens is 1. The maximum Gasteiger partial charge on any atom is 0.320 e. The van der Waals surface area contributed by atoms with Gasteiger partial charge in [0.15, 0.2) is 0 Å². The van der Waals surface area contributed by atoms with Crippen LogP contribution in [0.2, 0.25) is 0 Å². The Morgan fingerprint density at radius 1 is 1.21 bits per heavy atom. The summed E-state index contributed by atoms with van der Waals surface area (Å²) in [7, 11) is 0. The number of fused-ring (bicyclic) bond motifs is 1. The molecule has 0 saturated heterocycles. The lowest BCUT2D eigenvalue weighted by molar-refractivity contribution is 0.106. The maximum atomic E-state index is 11.8. The number of carbonyl (C=O) groups is 1. The molecule has 1 aliphatic rings. The van der Waals surface area contributed by atoms with Crippen molar-refractivity contribution in [1.29, 1.82) is 0 Å². The van der Waals surface area contributed by atoms with E-state index in [0.29, 0.717) is 12.4 Å².